The van der Waals surface area contributed by atoms with Crippen LogP contribution in [0.5, 0.6) is 0 Å². The van der Waals surface area contributed by atoms with Gasteiger partial charge in [-0.25, -0.2) is 0 Å². The van der Waals surface area contributed by atoms with Crippen molar-refractivity contribution in [1.29, 1.82) is 0 Å². The first kappa shape index (κ1) is 16.6. The Bertz CT molecular complexity index is 561. The molecule has 0 bridgehead atoms. The van der Waals surface area contributed by atoms with E-state index in [1.807, 2.05) is 36.9 Å². The number of benzene rings is 1. The normalized spacial score (nSPS) is 29.1. The topological polar surface area (TPSA) is 35.5 Å². The van der Waals surface area contributed by atoms with Gasteiger partial charge in [0.05, 0.1) is 19.6 Å². The van der Waals surface area contributed by atoms with Crippen molar-refractivity contribution in [2.75, 3.05) is 19.0 Å². The van der Waals surface area contributed by atoms with Crippen LogP contribution >= 0.6 is 11.8 Å². The van der Waals surface area contributed by atoms with E-state index in [9.17, 15) is 4.79 Å². The molecule has 0 N–H and O–H groups in total. The number of ether oxygens (including phenoxy) is 2. The van der Waals surface area contributed by atoms with Crippen LogP contribution < -0.4 is 0 Å². The summed E-state index contributed by atoms with van der Waals surface area (Å²) >= 11 is 1.89. The molecule has 1 aromatic rings. The summed E-state index contributed by atoms with van der Waals surface area (Å²) in [6, 6.07) is 10.3. The minimum Gasteiger partial charge on any atom is -0.466 e. The smallest absolute Gasteiger partial charge is 0.306 e. The number of thioether (sulfide) groups is 1. The van der Waals surface area contributed by atoms with E-state index in [4.69, 9.17) is 9.47 Å². The van der Waals surface area contributed by atoms with Gasteiger partial charge in [0.2, 0.25) is 0 Å². The summed E-state index contributed by atoms with van der Waals surface area (Å²) in [4.78, 5) is 11.8. The van der Waals surface area contributed by atoms with E-state index in [0.717, 1.165) is 31.6 Å². The van der Waals surface area contributed by atoms with E-state index in [-0.39, 0.29) is 16.8 Å². The summed E-state index contributed by atoms with van der Waals surface area (Å²) in [7, 11) is 0. The molecular formula is C19H24O3S. The first-order valence-corrected chi connectivity index (χ1v) is 9.43. The molecule has 0 unspecified atom stereocenters. The molecule has 4 heteroatoms. The first-order valence-electron chi connectivity index (χ1n) is 8.44. The van der Waals surface area contributed by atoms with Gasteiger partial charge in [-0.15, -0.1) is 11.8 Å². The molecule has 0 amide bonds. The van der Waals surface area contributed by atoms with Crippen LogP contribution in [-0.2, 0) is 14.3 Å². The summed E-state index contributed by atoms with van der Waals surface area (Å²) in [6.07, 6.45) is 5.86. The summed E-state index contributed by atoms with van der Waals surface area (Å²) in [6.45, 7) is 3.10. The number of carbonyl (C=O) groups excluding carboxylic acids is 1. The number of hydrogen-bond acceptors (Lipinski definition) is 4. The molecule has 124 valence electrons. The second-order valence-electron chi connectivity index (χ2n) is 6.06. The van der Waals surface area contributed by atoms with E-state index in [0.29, 0.717) is 13.0 Å². The summed E-state index contributed by atoms with van der Waals surface area (Å²) < 4.78 is 11.4. The molecule has 1 aliphatic heterocycles. The molecule has 1 aliphatic carbocycles. The SMILES string of the molecule is CCOC(=O)C[C@@H]1CCC[C@@]2(OCCS2)/C1=C/c1ccccc1. The van der Waals surface area contributed by atoms with Gasteiger partial charge in [0.15, 0.2) is 0 Å². The van der Waals surface area contributed by atoms with Crippen LogP contribution in [0.4, 0.5) is 0 Å². The Morgan fingerprint density at radius 1 is 1.43 bits per heavy atom. The van der Waals surface area contributed by atoms with Crippen molar-refractivity contribution in [1.82, 2.24) is 0 Å². The van der Waals surface area contributed by atoms with Crippen molar-refractivity contribution in [2.24, 2.45) is 5.92 Å². The van der Waals surface area contributed by atoms with Crippen molar-refractivity contribution in [3.63, 3.8) is 0 Å². The summed E-state index contributed by atoms with van der Waals surface area (Å²) in [5.41, 5.74) is 2.44. The lowest BCUT2D eigenvalue weighted by Gasteiger charge is -2.39. The van der Waals surface area contributed by atoms with Crippen LogP contribution in [0.15, 0.2) is 35.9 Å². The quantitative estimate of drug-likeness (QED) is 0.771. The third-order valence-corrected chi connectivity index (χ3v) is 5.93. The third-order valence-electron chi connectivity index (χ3n) is 4.53. The van der Waals surface area contributed by atoms with E-state index < -0.39 is 0 Å². The monoisotopic (exact) mass is 332 g/mol. The van der Waals surface area contributed by atoms with E-state index in [1.165, 1.54) is 11.1 Å². The fraction of sp³-hybridized carbons (Fsp3) is 0.526. The molecule has 3 rings (SSSR count). The Balaban J connectivity index is 1.90. The minimum absolute atomic E-state index is 0.100. The summed E-state index contributed by atoms with van der Waals surface area (Å²) in [5, 5.41) is 0. The molecule has 3 nitrogen and oxygen atoms in total. The Hall–Kier alpha value is -1.26. The number of hydrogen-bond donors (Lipinski definition) is 0. The molecule has 2 atom stereocenters. The van der Waals surface area contributed by atoms with Crippen molar-refractivity contribution in [3.05, 3.63) is 41.5 Å². The predicted molar refractivity (Wildman–Crippen MR) is 94.2 cm³/mol. The van der Waals surface area contributed by atoms with Gasteiger partial charge in [0.25, 0.3) is 0 Å². The van der Waals surface area contributed by atoms with Crippen LogP contribution in [0.25, 0.3) is 6.08 Å². The van der Waals surface area contributed by atoms with E-state index >= 15 is 0 Å². The average Bonchev–Trinajstić information content (AvgIpc) is 3.01. The van der Waals surface area contributed by atoms with Crippen LogP contribution in [0.3, 0.4) is 0 Å². The van der Waals surface area contributed by atoms with Gasteiger partial charge >= 0.3 is 5.97 Å². The standard InChI is InChI=1S/C19H24O3S/c1-2-21-18(20)14-16-9-6-10-19(22-11-12-23-19)17(16)13-15-7-4-3-5-8-15/h3-5,7-8,13,16H,2,6,9-12,14H2,1H3/b17-13+/t16-,19-/m0/s1. The third kappa shape index (κ3) is 3.81. The van der Waals surface area contributed by atoms with Gasteiger partial charge in [-0.1, -0.05) is 36.4 Å². The highest BCUT2D eigenvalue weighted by Crippen LogP contribution is 2.51. The fourth-order valence-electron chi connectivity index (χ4n) is 3.55. The molecular weight excluding hydrogens is 308 g/mol. The number of rotatable bonds is 4. The van der Waals surface area contributed by atoms with Gasteiger partial charge in [-0.3, -0.25) is 4.79 Å². The highest BCUT2D eigenvalue weighted by atomic mass is 32.2. The van der Waals surface area contributed by atoms with E-state index in [2.05, 4.69) is 18.2 Å². The average molecular weight is 332 g/mol. The second-order valence-corrected chi connectivity index (χ2v) is 7.41. The van der Waals surface area contributed by atoms with E-state index in [1.54, 1.807) is 0 Å². The molecule has 1 saturated carbocycles. The maximum absolute atomic E-state index is 12.0. The maximum atomic E-state index is 12.0. The minimum atomic E-state index is -0.231. The fourth-order valence-corrected chi connectivity index (χ4v) is 4.89. The zero-order valence-electron chi connectivity index (χ0n) is 13.6. The second kappa shape index (κ2) is 7.54. The highest BCUT2D eigenvalue weighted by Gasteiger charge is 2.45. The Morgan fingerprint density at radius 3 is 2.96 bits per heavy atom. The lowest BCUT2D eigenvalue weighted by Crippen LogP contribution is -2.36. The van der Waals surface area contributed by atoms with Gasteiger partial charge in [0.1, 0.15) is 4.93 Å². The van der Waals surface area contributed by atoms with Crippen molar-refractivity contribution >= 4 is 23.8 Å². The van der Waals surface area contributed by atoms with Gasteiger partial charge in [-0.2, -0.15) is 0 Å². The molecule has 1 heterocycles. The molecule has 2 fully saturated rings. The number of carbonyl (C=O) groups is 1. The zero-order chi connectivity index (χ0) is 16.1. The lowest BCUT2D eigenvalue weighted by atomic mass is 9.79. The van der Waals surface area contributed by atoms with Crippen molar-refractivity contribution in [2.45, 2.75) is 37.5 Å². The Morgan fingerprint density at radius 2 is 2.26 bits per heavy atom. The largest absolute Gasteiger partial charge is 0.466 e. The predicted octanol–water partition coefficient (Wildman–Crippen LogP) is 4.28. The molecule has 1 spiro atoms. The Labute approximate surface area is 142 Å². The van der Waals surface area contributed by atoms with Gasteiger partial charge in [0, 0.05) is 5.75 Å². The zero-order valence-corrected chi connectivity index (χ0v) is 14.4. The van der Waals surface area contributed by atoms with Crippen molar-refractivity contribution < 1.29 is 14.3 Å². The lowest BCUT2D eigenvalue weighted by molar-refractivity contribution is -0.144. The van der Waals surface area contributed by atoms with Gasteiger partial charge in [-0.05, 0) is 43.2 Å². The molecule has 0 radical (unpaired) electrons. The number of esters is 1. The molecule has 0 aromatic heterocycles. The highest BCUT2D eigenvalue weighted by molar-refractivity contribution is 8.00. The summed E-state index contributed by atoms with van der Waals surface area (Å²) in [5.74, 6) is 1.14. The van der Waals surface area contributed by atoms with Crippen molar-refractivity contribution in [3.8, 4) is 0 Å². The Kier molecular flexibility index (Phi) is 5.44. The van der Waals surface area contributed by atoms with Crippen LogP contribution in [0, 0.1) is 5.92 Å². The van der Waals surface area contributed by atoms with Crippen LogP contribution in [0.1, 0.15) is 38.2 Å². The molecule has 2 aliphatic rings. The first-order chi connectivity index (χ1) is 11.2. The molecule has 1 saturated heterocycles. The molecule has 23 heavy (non-hydrogen) atoms. The maximum Gasteiger partial charge on any atom is 0.306 e. The van der Waals surface area contributed by atoms with Crippen LogP contribution in [0.2, 0.25) is 0 Å². The van der Waals surface area contributed by atoms with Gasteiger partial charge < -0.3 is 9.47 Å². The molecule has 1 aromatic carbocycles. The van der Waals surface area contributed by atoms with Crippen LogP contribution in [-0.4, -0.2) is 29.9 Å².